The van der Waals surface area contributed by atoms with Crippen molar-refractivity contribution in [3.8, 4) is 0 Å². The number of aryl methyl sites for hydroxylation is 2. The lowest BCUT2D eigenvalue weighted by molar-refractivity contribution is 0.148. The standard InChI is InChI=1S/C22H26N4O/c1-3-6-21-24-15(2)11-22(25-21)26-13-17(20(27)14-26)12-16-9-10-23-19-8-5-4-7-18(16)19/h4-5,7-11,17,20,27H,3,6,12-14H2,1-2H3/t17-,20-/m1/s1. The van der Waals surface area contributed by atoms with Crippen molar-refractivity contribution in [2.75, 3.05) is 18.0 Å². The topological polar surface area (TPSA) is 62.1 Å². The van der Waals surface area contributed by atoms with Gasteiger partial charge in [-0.2, -0.15) is 0 Å². The number of anilines is 1. The number of aromatic nitrogens is 3. The fourth-order valence-electron chi connectivity index (χ4n) is 3.97. The summed E-state index contributed by atoms with van der Waals surface area (Å²) < 4.78 is 0. The molecule has 27 heavy (non-hydrogen) atoms. The molecule has 4 rings (SSSR count). The SMILES string of the molecule is CCCc1nc(C)cc(N2C[C@@H](Cc3ccnc4ccccc34)[C@H](O)C2)n1. The molecule has 0 radical (unpaired) electrons. The minimum atomic E-state index is -0.359. The number of fused-ring (bicyclic) bond motifs is 1. The van der Waals surface area contributed by atoms with Crippen molar-refractivity contribution in [2.45, 2.75) is 39.2 Å². The Morgan fingerprint density at radius 2 is 2.00 bits per heavy atom. The summed E-state index contributed by atoms with van der Waals surface area (Å²) in [5, 5.41) is 11.9. The van der Waals surface area contributed by atoms with Crippen molar-refractivity contribution in [2.24, 2.45) is 5.92 Å². The molecular formula is C22H26N4O. The second-order valence-electron chi connectivity index (χ2n) is 7.46. The number of hydrogen-bond acceptors (Lipinski definition) is 5. The van der Waals surface area contributed by atoms with Crippen LogP contribution in [0.5, 0.6) is 0 Å². The molecular weight excluding hydrogens is 336 g/mol. The van der Waals surface area contributed by atoms with E-state index in [1.54, 1.807) is 0 Å². The van der Waals surface area contributed by atoms with Gasteiger partial charge in [0.2, 0.25) is 0 Å². The molecule has 0 aliphatic carbocycles. The summed E-state index contributed by atoms with van der Waals surface area (Å²) in [6, 6.07) is 12.3. The van der Waals surface area contributed by atoms with Crippen LogP contribution in [-0.4, -0.2) is 39.3 Å². The van der Waals surface area contributed by atoms with Crippen LogP contribution in [0, 0.1) is 12.8 Å². The lowest BCUT2D eigenvalue weighted by atomic mass is 9.94. The third-order valence-electron chi connectivity index (χ3n) is 5.31. The van der Waals surface area contributed by atoms with Gasteiger partial charge in [0.15, 0.2) is 0 Å². The number of hydrogen-bond donors (Lipinski definition) is 1. The van der Waals surface area contributed by atoms with Crippen molar-refractivity contribution in [1.29, 1.82) is 0 Å². The first kappa shape index (κ1) is 17.9. The molecule has 0 unspecified atom stereocenters. The molecule has 0 bridgehead atoms. The number of pyridine rings is 1. The third-order valence-corrected chi connectivity index (χ3v) is 5.31. The van der Waals surface area contributed by atoms with E-state index in [9.17, 15) is 5.11 Å². The Morgan fingerprint density at radius 1 is 1.15 bits per heavy atom. The Balaban J connectivity index is 1.55. The molecule has 2 aromatic heterocycles. The summed E-state index contributed by atoms with van der Waals surface area (Å²) >= 11 is 0. The number of benzene rings is 1. The summed E-state index contributed by atoms with van der Waals surface area (Å²) in [4.78, 5) is 15.9. The first-order valence-electron chi connectivity index (χ1n) is 9.74. The summed E-state index contributed by atoms with van der Waals surface area (Å²) in [5.74, 6) is 2.01. The van der Waals surface area contributed by atoms with Crippen molar-refractivity contribution in [3.63, 3.8) is 0 Å². The molecule has 0 spiro atoms. The van der Waals surface area contributed by atoms with Gasteiger partial charge in [0, 0.05) is 48.8 Å². The van der Waals surface area contributed by atoms with E-state index in [0.29, 0.717) is 6.54 Å². The number of aliphatic hydroxyl groups excluding tert-OH is 1. The normalized spacial score (nSPS) is 19.7. The fraction of sp³-hybridized carbons (Fsp3) is 0.409. The molecule has 0 saturated carbocycles. The largest absolute Gasteiger partial charge is 0.391 e. The van der Waals surface area contributed by atoms with Gasteiger partial charge >= 0.3 is 0 Å². The van der Waals surface area contributed by atoms with E-state index in [2.05, 4.69) is 33.9 Å². The van der Waals surface area contributed by atoms with Crippen LogP contribution >= 0.6 is 0 Å². The molecule has 1 aliphatic rings. The Labute approximate surface area is 160 Å². The molecule has 1 saturated heterocycles. The first-order valence-corrected chi connectivity index (χ1v) is 9.74. The molecule has 5 nitrogen and oxygen atoms in total. The minimum Gasteiger partial charge on any atom is -0.391 e. The maximum Gasteiger partial charge on any atom is 0.132 e. The molecule has 3 heterocycles. The number of β-amino-alcohol motifs (C(OH)–C–C–N with tert-alkyl or cyclic N) is 1. The monoisotopic (exact) mass is 362 g/mol. The van der Waals surface area contributed by atoms with Gasteiger partial charge in [0.25, 0.3) is 0 Å². The van der Waals surface area contributed by atoms with E-state index in [1.165, 1.54) is 10.9 Å². The lowest BCUT2D eigenvalue weighted by Crippen LogP contribution is -2.23. The second kappa shape index (κ2) is 7.61. The van der Waals surface area contributed by atoms with Crippen LogP contribution in [0.1, 0.15) is 30.4 Å². The van der Waals surface area contributed by atoms with Crippen LogP contribution in [0.15, 0.2) is 42.6 Å². The first-order chi connectivity index (χ1) is 13.1. The van der Waals surface area contributed by atoms with E-state index in [4.69, 9.17) is 4.98 Å². The van der Waals surface area contributed by atoms with Gasteiger partial charge in [-0.3, -0.25) is 4.98 Å². The molecule has 1 fully saturated rings. The number of para-hydroxylation sites is 1. The van der Waals surface area contributed by atoms with Crippen molar-refractivity contribution in [1.82, 2.24) is 15.0 Å². The van der Waals surface area contributed by atoms with E-state index < -0.39 is 0 Å². The molecule has 0 amide bonds. The van der Waals surface area contributed by atoms with E-state index in [0.717, 1.165) is 48.7 Å². The molecule has 1 aromatic carbocycles. The van der Waals surface area contributed by atoms with Gasteiger partial charge in [-0.05, 0) is 37.5 Å². The summed E-state index contributed by atoms with van der Waals surface area (Å²) in [6.45, 7) is 5.58. The van der Waals surface area contributed by atoms with Gasteiger partial charge in [0.05, 0.1) is 11.6 Å². The van der Waals surface area contributed by atoms with Gasteiger partial charge in [0.1, 0.15) is 11.6 Å². The lowest BCUT2D eigenvalue weighted by Gasteiger charge is -2.18. The maximum atomic E-state index is 10.7. The zero-order valence-corrected chi connectivity index (χ0v) is 16.0. The summed E-state index contributed by atoms with van der Waals surface area (Å²) in [7, 11) is 0. The predicted octanol–water partition coefficient (Wildman–Crippen LogP) is 3.33. The molecule has 140 valence electrons. The second-order valence-corrected chi connectivity index (χ2v) is 7.46. The number of rotatable bonds is 5. The van der Waals surface area contributed by atoms with E-state index >= 15 is 0 Å². The van der Waals surface area contributed by atoms with Gasteiger partial charge in [-0.25, -0.2) is 9.97 Å². The fourth-order valence-corrected chi connectivity index (χ4v) is 3.97. The Kier molecular flexibility index (Phi) is 5.03. The maximum absolute atomic E-state index is 10.7. The summed E-state index contributed by atoms with van der Waals surface area (Å²) in [5.41, 5.74) is 3.24. The molecule has 5 heteroatoms. The van der Waals surface area contributed by atoms with Crippen molar-refractivity contribution < 1.29 is 5.11 Å². The highest BCUT2D eigenvalue weighted by Crippen LogP contribution is 2.28. The van der Waals surface area contributed by atoms with Crippen LogP contribution < -0.4 is 4.90 Å². The quantitative estimate of drug-likeness (QED) is 0.754. The minimum absolute atomic E-state index is 0.181. The Morgan fingerprint density at radius 3 is 2.85 bits per heavy atom. The van der Waals surface area contributed by atoms with Crippen LogP contribution in [0.2, 0.25) is 0 Å². The van der Waals surface area contributed by atoms with Crippen LogP contribution in [0.4, 0.5) is 5.82 Å². The smallest absolute Gasteiger partial charge is 0.132 e. The van der Waals surface area contributed by atoms with Gasteiger partial charge in [-0.15, -0.1) is 0 Å². The predicted molar refractivity (Wildman–Crippen MR) is 108 cm³/mol. The average molecular weight is 362 g/mol. The Hall–Kier alpha value is -2.53. The Bertz CT molecular complexity index is 937. The van der Waals surface area contributed by atoms with Crippen LogP contribution in [0.25, 0.3) is 10.9 Å². The molecule has 1 N–H and O–H groups in total. The third kappa shape index (κ3) is 3.78. The average Bonchev–Trinajstić information content (AvgIpc) is 3.03. The summed E-state index contributed by atoms with van der Waals surface area (Å²) in [6.07, 6.45) is 4.26. The van der Waals surface area contributed by atoms with Gasteiger partial charge in [-0.1, -0.05) is 25.1 Å². The highest BCUT2D eigenvalue weighted by molar-refractivity contribution is 5.81. The van der Waals surface area contributed by atoms with E-state index in [1.807, 2.05) is 37.4 Å². The highest BCUT2D eigenvalue weighted by atomic mass is 16.3. The van der Waals surface area contributed by atoms with Crippen molar-refractivity contribution in [3.05, 3.63) is 59.7 Å². The van der Waals surface area contributed by atoms with Crippen molar-refractivity contribution >= 4 is 16.7 Å². The molecule has 2 atom stereocenters. The number of nitrogens with zero attached hydrogens (tertiary/aromatic N) is 4. The van der Waals surface area contributed by atoms with E-state index in [-0.39, 0.29) is 12.0 Å². The van der Waals surface area contributed by atoms with Gasteiger partial charge < -0.3 is 10.0 Å². The van der Waals surface area contributed by atoms with Crippen LogP contribution in [-0.2, 0) is 12.8 Å². The van der Waals surface area contributed by atoms with Crippen LogP contribution in [0.3, 0.4) is 0 Å². The highest BCUT2D eigenvalue weighted by Gasteiger charge is 2.32. The zero-order chi connectivity index (χ0) is 18.8. The number of aliphatic hydroxyl groups is 1. The zero-order valence-electron chi connectivity index (χ0n) is 16.0. The molecule has 1 aliphatic heterocycles. The molecule has 3 aromatic rings.